The Kier molecular flexibility index (Phi) is 9.21. The Morgan fingerprint density at radius 2 is 0.911 bits per heavy atom. The number of alkyl halides is 6. The average Bonchev–Trinajstić information content (AvgIpc) is 2.97. The predicted molar refractivity (Wildman–Crippen MR) is 149 cm³/mol. The molecule has 0 bridgehead atoms. The Bertz CT molecular complexity index is 1590. The minimum atomic E-state index is -4.67. The minimum Gasteiger partial charge on any atom is -0.487 e. The predicted octanol–water partition coefficient (Wildman–Crippen LogP) is 9.46. The molecule has 0 saturated heterocycles. The molecule has 0 spiro atoms. The van der Waals surface area contributed by atoms with Gasteiger partial charge in [0.1, 0.15) is 11.5 Å². The number of nitrogens with zero attached hydrogens (tertiary/aromatic N) is 2. The quantitative estimate of drug-likeness (QED) is 0.0968. The molecule has 0 fully saturated rings. The fraction of sp³-hybridized carbons (Fsp3) is 0.200. The van der Waals surface area contributed by atoms with Gasteiger partial charge in [0.05, 0.1) is 45.3 Å². The molecule has 0 aliphatic carbocycles. The molecule has 0 N–H and O–H groups in total. The van der Waals surface area contributed by atoms with Crippen molar-refractivity contribution in [2.24, 2.45) is 0 Å². The van der Waals surface area contributed by atoms with E-state index < -0.39 is 44.7 Å². The number of hydrogen-bond acceptors (Lipinski definition) is 7. The van der Waals surface area contributed by atoms with E-state index in [0.29, 0.717) is 0 Å². The first kappa shape index (κ1) is 32.6. The molecule has 4 rings (SSSR count). The molecule has 4 aromatic rings. The molecule has 0 aliphatic heterocycles. The lowest BCUT2D eigenvalue weighted by atomic mass is 9.99. The van der Waals surface area contributed by atoms with Crippen molar-refractivity contribution in [1.29, 1.82) is 0 Å². The average molecular weight is 637 g/mol. The van der Waals surface area contributed by atoms with Crippen LogP contribution in [-0.2, 0) is 12.4 Å². The maximum Gasteiger partial charge on any atom is 0.416 e. The third-order valence-electron chi connectivity index (χ3n) is 6.39. The van der Waals surface area contributed by atoms with Crippen LogP contribution in [0.5, 0.6) is 23.0 Å². The van der Waals surface area contributed by atoms with Crippen LogP contribution in [0.1, 0.15) is 25.0 Å². The highest BCUT2D eigenvalue weighted by atomic mass is 19.4. The molecule has 15 heteroatoms. The molecule has 45 heavy (non-hydrogen) atoms. The number of rotatable bonds is 10. The van der Waals surface area contributed by atoms with Crippen molar-refractivity contribution in [3.63, 3.8) is 0 Å². The van der Waals surface area contributed by atoms with Crippen LogP contribution < -0.4 is 14.2 Å². The third-order valence-corrected chi connectivity index (χ3v) is 6.39. The number of benzene rings is 4. The first-order valence-corrected chi connectivity index (χ1v) is 13.1. The molecule has 9 nitrogen and oxygen atoms in total. The van der Waals surface area contributed by atoms with Crippen molar-refractivity contribution >= 4 is 11.4 Å². The second kappa shape index (κ2) is 12.7. The molecule has 0 saturated carbocycles. The van der Waals surface area contributed by atoms with Crippen LogP contribution in [0.2, 0.25) is 0 Å². The lowest BCUT2D eigenvalue weighted by Gasteiger charge is -2.20. The molecule has 236 valence electrons. The van der Waals surface area contributed by atoms with Gasteiger partial charge in [-0.05, 0) is 61.4 Å². The number of halogens is 6. The SMILES string of the molecule is CCOc1c([N+](=O)[O-])ccc(Oc2ccc([N+](=O)[O-])c(OCC)c2-c2ccc(C(F)(F)F)cc2)c1-c1ccc(C(F)(F)F)cc1. The lowest BCUT2D eigenvalue weighted by Crippen LogP contribution is -2.05. The summed E-state index contributed by atoms with van der Waals surface area (Å²) in [5.74, 6) is -1.01. The van der Waals surface area contributed by atoms with Crippen LogP contribution >= 0.6 is 0 Å². The topological polar surface area (TPSA) is 114 Å². The Hall–Kier alpha value is -5.34. The molecular weight excluding hydrogens is 614 g/mol. The van der Waals surface area contributed by atoms with Gasteiger partial charge in [0.2, 0.25) is 11.5 Å². The van der Waals surface area contributed by atoms with E-state index in [1.54, 1.807) is 0 Å². The van der Waals surface area contributed by atoms with Gasteiger partial charge in [-0.2, -0.15) is 26.3 Å². The highest BCUT2D eigenvalue weighted by Gasteiger charge is 2.33. The summed E-state index contributed by atoms with van der Waals surface area (Å²) in [6.07, 6.45) is -9.34. The maximum atomic E-state index is 13.3. The zero-order valence-corrected chi connectivity index (χ0v) is 23.4. The zero-order valence-electron chi connectivity index (χ0n) is 23.4. The molecule has 0 atom stereocenters. The van der Waals surface area contributed by atoms with Crippen LogP contribution in [0.25, 0.3) is 22.3 Å². The van der Waals surface area contributed by atoms with Gasteiger partial charge >= 0.3 is 23.7 Å². The molecular formula is C30H22F6N2O7. The van der Waals surface area contributed by atoms with E-state index in [4.69, 9.17) is 14.2 Å². The summed E-state index contributed by atoms with van der Waals surface area (Å²) < 4.78 is 97.0. The van der Waals surface area contributed by atoms with Crippen molar-refractivity contribution in [1.82, 2.24) is 0 Å². The van der Waals surface area contributed by atoms with Crippen LogP contribution in [0.4, 0.5) is 37.7 Å². The first-order chi connectivity index (χ1) is 21.2. The van der Waals surface area contributed by atoms with Gasteiger partial charge in [-0.3, -0.25) is 20.2 Å². The highest BCUT2D eigenvalue weighted by Crippen LogP contribution is 2.50. The molecule has 0 aliphatic rings. The smallest absolute Gasteiger partial charge is 0.416 e. The number of ether oxygens (including phenoxy) is 3. The number of nitro benzene ring substituents is 2. The summed E-state index contributed by atoms with van der Waals surface area (Å²) in [4.78, 5) is 22.2. The number of nitro groups is 2. The van der Waals surface area contributed by atoms with E-state index in [1.165, 1.54) is 13.8 Å². The van der Waals surface area contributed by atoms with Gasteiger partial charge in [-0.25, -0.2) is 0 Å². The summed E-state index contributed by atoms with van der Waals surface area (Å²) in [5.41, 5.74) is -3.19. The van der Waals surface area contributed by atoms with E-state index >= 15 is 0 Å². The second-order valence-corrected chi connectivity index (χ2v) is 9.21. The van der Waals surface area contributed by atoms with Crippen molar-refractivity contribution in [3.8, 4) is 45.3 Å². The van der Waals surface area contributed by atoms with Crippen LogP contribution in [0.3, 0.4) is 0 Å². The summed E-state index contributed by atoms with van der Waals surface area (Å²) in [6.45, 7) is 2.89. The number of hydrogen-bond donors (Lipinski definition) is 0. The molecule has 0 amide bonds. The van der Waals surface area contributed by atoms with E-state index in [1.807, 2.05) is 0 Å². The Morgan fingerprint density at radius 3 is 1.18 bits per heavy atom. The zero-order chi connectivity index (χ0) is 33.1. The van der Waals surface area contributed by atoms with E-state index in [-0.39, 0.29) is 58.5 Å². The second-order valence-electron chi connectivity index (χ2n) is 9.21. The Labute approximate surface area is 250 Å². The first-order valence-electron chi connectivity index (χ1n) is 13.1. The van der Waals surface area contributed by atoms with Crippen molar-refractivity contribution < 1.29 is 50.4 Å². The van der Waals surface area contributed by atoms with Gasteiger partial charge in [0.25, 0.3) is 0 Å². The van der Waals surface area contributed by atoms with Crippen LogP contribution in [0, 0.1) is 20.2 Å². The van der Waals surface area contributed by atoms with Crippen LogP contribution in [0.15, 0.2) is 72.8 Å². The van der Waals surface area contributed by atoms with Crippen molar-refractivity contribution in [2.45, 2.75) is 26.2 Å². The van der Waals surface area contributed by atoms with E-state index in [2.05, 4.69) is 0 Å². The van der Waals surface area contributed by atoms with Gasteiger partial charge in [-0.15, -0.1) is 0 Å². The van der Waals surface area contributed by atoms with E-state index in [9.17, 15) is 46.6 Å². The summed E-state index contributed by atoms with van der Waals surface area (Å²) in [7, 11) is 0. The molecule has 0 radical (unpaired) electrons. The molecule has 0 unspecified atom stereocenters. The van der Waals surface area contributed by atoms with Crippen molar-refractivity contribution in [3.05, 3.63) is 104 Å². The molecule has 0 heterocycles. The highest BCUT2D eigenvalue weighted by molar-refractivity contribution is 5.85. The standard InChI is InChI=1S/C30H22F6N2O7/c1-3-43-27-21(37(39)40)13-15-23(25(27)17-5-9-19(10-6-17)29(31,32)33)45-24-16-14-22(38(41)42)28(44-4-2)26(24)18-7-11-20(12-8-18)30(34,35)36/h5-16H,3-4H2,1-2H3. The largest absolute Gasteiger partial charge is 0.487 e. The third kappa shape index (κ3) is 6.92. The fourth-order valence-electron chi connectivity index (χ4n) is 4.46. The maximum absolute atomic E-state index is 13.3. The summed E-state index contributed by atoms with van der Waals surface area (Å²) >= 11 is 0. The summed E-state index contributed by atoms with van der Waals surface area (Å²) in [5, 5.41) is 23.7. The normalized spacial score (nSPS) is 11.6. The molecule has 0 aromatic heterocycles. The molecule has 4 aromatic carbocycles. The van der Waals surface area contributed by atoms with Gasteiger partial charge in [-0.1, -0.05) is 24.3 Å². The Morgan fingerprint density at radius 1 is 0.578 bits per heavy atom. The van der Waals surface area contributed by atoms with Gasteiger partial charge in [0, 0.05) is 12.1 Å². The Balaban J connectivity index is 2.00. The monoisotopic (exact) mass is 636 g/mol. The van der Waals surface area contributed by atoms with Crippen molar-refractivity contribution in [2.75, 3.05) is 13.2 Å². The van der Waals surface area contributed by atoms with Gasteiger partial charge in [0.15, 0.2) is 0 Å². The summed E-state index contributed by atoms with van der Waals surface area (Å²) in [6, 6.07) is 11.7. The fourth-order valence-corrected chi connectivity index (χ4v) is 4.46. The van der Waals surface area contributed by atoms with E-state index in [0.717, 1.165) is 72.8 Å². The lowest BCUT2D eigenvalue weighted by molar-refractivity contribution is -0.385. The van der Waals surface area contributed by atoms with Gasteiger partial charge < -0.3 is 14.2 Å². The van der Waals surface area contributed by atoms with Crippen LogP contribution in [-0.4, -0.2) is 23.1 Å². The minimum absolute atomic E-state index is 0.0353.